The molecule has 0 atom stereocenters. The third-order valence-electron chi connectivity index (χ3n) is 3.46. The summed E-state index contributed by atoms with van der Waals surface area (Å²) in [4.78, 5) is 3.44. The molecule has 0 amide bonds. The van der Waals surface area contributed by atoms with E-state index in [0.717, 1.165) is 35.9 Å². The Morgan fingerprint density at radius 3 is 2.89 bits per heavy atom. The van der Waals surface area contributed by atoms with Gasteiger partial charge in [-0.3, -0.25) is 0 Å². The number of aromatic amines is 1. The molecule has 19 heavy (non-hydrogen) atoms. The lowest BCUT2D eigenvalue weighted by Gasteiger charge is -2.02. The molecule has 3 aromatic rings. The molecule has 3 rings (SSSR count). The van der Waals surface area contributed by atoms with Crippen LogP contribution in [0.4, 0.5) is 4.39 Å². The molecular formula is C16H16FNS. The van der Waals surface area contributed by atoms with Gasteiger partial charge in [0.05, 0.1) is 5.69 Å². The second kappa shape index (κ2) is 5.17. The van der Waals surface area contributed by atoms with Crippen molar-refractivity contribution in [1.29, 1.82) is 0 Å². The van der Waals surface area contributed by atoms with Gasteiger partial charge in [0.15, 0.2) is 0 Å². The predicted molar refractivity (Wildman–Crippen MR) is 80.2 cm³/mol. The molecule has 2 aromatic heterocycles. The van der Waals surface area contributed by atoms with E-state index >= 15 is 0 Å². The van der Waals surface area contributed by atoms with E-state index in [1.165, 1.54) is 17.2 Å². The van der Waals surface area contributed by atoms with Crippen LogP contribution < -0.4 is 0 Å². The Bertz CT molecular complexity index is 682. The zero-order chi connectivity index (χ0) is 13.2. The standard InChI is InChI=1S/C16H16FNS/c1-2-3-4-13-14-9-12(17)5-6-15(14)18-16(13)11-7-8-19-10-11/h5-10,18H,2-4H2,1H3. The largest absolute Gasteiger partial charge is 0.354 e. The summed E-state index contributed by atoms with van der Waals surface area (Å²) < 4.78 is 13.5. The van der Waals surface area contributed by atoms with Crippen molar-refractivity contribution in [3.8, 4) is 11.3 Å². The van der Waals surface area contributed by atoms with Crippen molar-refractivity contribution in [3.05, 3.63) is 46.4 Å². The van der Waals surface area contributed by atoms with Gasteiger partial charge in [0.25, 0.3) is 0 Å². The Kier molecular flexibility index (Phi) is 3.38. The van der Waals surface area contributed by atoms with Gasteiger partial charge in [0.2, 0.25) is 0 Å². The third-order valence-corrected chi connectivity index (χ3v) is 4.14. The highest BCUT2D eigenvalue weighted by Crippen LogP contribution is 2.33. The molecule has 2 heterocycles. The summed E-state index contributed by atoms with van der Waals surface area (Å²) in [6.07, 6.45) is 3.26. The van der Waals surface area contributed by atoms with Crippen LogP contribution >= 0.6 is 11.3 Å². The Labute approximate surface area is 116 Å². The number of thiophene rings is 1. The number of nitrogens with one attached hydrogen (secondary N) is 1. The molecule has 0 fully saturated rings. The topological polar surface area (TPSA) is 15.8 Å². The number of aromatic nitrogens is 1. The number of benzene rings is 1. The summed E-state index contributed by atoms with van der Waals surface area (Å²) in [5, 5.41) is 5.23. The molecule has 0 spiro atoms. The molecule has 0 radical (unpaired) electrons. The fraction of sp³-hybridized carbons (Fsp3) is 0.250. The number of halogens is 1. The van der Waals surface area contributed by atoms with Gasteiger partial charge >= 0.3 is 0 Å². The number of hydrogen-bond donors (Lipinski definition) is 1. The van der Waals surface area contributed by atoms with Crippen LogP contribution in [-0.2, 0) is 6.42 Å². The molecule has 1 nitrogen and oxygen atoms in total. The molecule has 0 aliphatic heterocycles. The van der Waals surface area contributed by atoms with Crippen LogP contribution in [0.25, 0.3) is 22.2 Å². The molecule has 3 heteroatoms. The fourth-order valence-electron chi connectivity index (χ4n) is 2.49. The summed E-state index contributed by atoms with van der Waals surface area (Å²) in [5.74, 6) is -0.166. The molecule has 0 bridgehead atoms. The van der Waals surface area contributed by atoms with Crippen LogP contribution in [0.3, 0.4) is 0 Å². The number of H-pyrrole nitrogens is 1. The van der Waals surface area contributed by atoms with E-state index in [1.54, 1.807) is 17.4 Å². The highest BCUT2D eigenvalue weighted by molar-refractivity contribution is 7.08. The minimum absolute atomic E-state index is 0.166. The van der Waals surface area contributed by atoms with Gasteiger partial charge in [0, 0.05) is 21.8 Å². The molecule has 0 aliphatic carbocycles. The highest BCUT2D eigenvalue weighted by Gasteiger charge is 2.13. The van der Waals surface area contributed by atoms with Gasteiger partial charge in [-0.2, -0.15) is 11.3 Å². The van der Waals surface area contributed by atoms with E-state index in [4.69, 9.17) is 0 Å². The third kappa shape index (κ3) is 2.30. The molecule has 0 unspecified atom stereocenters. The van der Waals surface area contributed by atoms with E-state index in [0.29, 0.717) is 0 Å². The van der Waals surface area contributed by atoms with Crippen LogP contribution in [0.5, 0.6) is 0 Å². The number of aryl methyl sites for hydroxylation is 1. The van der Waals surface area contributed by atoms with Crippen molar-refractivity contribution < 1.29 is 4.39 Å². The number of rotatable bonds is 4. The van der Waals surface area contributed by atoms with Gasteiger partial charge < -0.3 is 4.98 Å². The van der Waals surface area contributed by atoms with E-state index in [2.05, 4.69) is 28.7 Å². The first-order valence-corrected chi connectivity index (χ1v) is 7.56. The summed E-state index contributed by atoms with van der Waals surface area (Å²) in [5.41, 5.74) is 4.62. The second-order valence-corrected chi connectivity index (χ2v) is 5.56. The quantitative estimate of drug-likeness (QED) is 0.657. The van der Waals surface area contributed by atoms with Crippen molar-refractivity contribution in [2.24, 2.45) is 0 Å². The lowest BCUT2D eigenvalue weighted by Crippen LogP contribution is -1.87. The Morgan fingerprint density at radius 2 is 2.16 bits per heavy atom. The molecule has 98 valence electrons. The summed E-state index contributed by atoms with van der Waals surface area (Å²) >= 11 is 1.69. The minimum Gasteiger partial charge on any atom is -0.354 e. The highest BCUT2D eigenvalue weighted by atomic mass is 32.1. The van der Waals surface area contributed by atoms with Crippen LogP contribution in [0.2, 0.25) is 0 Å². The van der Waals surface area contributed by atoms with Crippen molar-refractivity contribution >= 4 is 22.2 Å². The van der Waals surface area contributed by atoms with Crippen molar-refractivity contribution in [1.82, 2.24) is 4.98 Å². The maximum Gasteiger partial charge on any atom is 0.123 e. The molecule has 0 saturated carbocycles. The predicted octanol–water partition coefficient (Wildman–Crippen LogP) is 5.38. The van der Waals surface area contributed by atoms with Crippen LogP contribution in [0.1, 0.15) is 25.3 Å². The molecule has 1 N–H and O–H groups in total. The van der Waals surface area contributed by atoms with Crippen molar-refractivity contribution in [2.45, 2.75) is 26.2 Å². The first-order chi connectivity index (χ1) is 9.29. The number of unbranched alkanes of at least 4 members (excludes halogenated alkanes) is 1. The average Bonchev–Trinajstić information content (AvgIpc) is 3.03. The molecule has 0 aliphatic rings. The van der Waals surface area contributed by atoms with E-state index in [-0.39, 0.29) is 5.82 Å². The van der Waals surface area contributed by atoms with Crippen LogP contribution in [0.15, 0.2) is 35.0 Å². The summed E-state index contributed by atoms with van der Waals surface area (Å²) in [7, 11) is 0. The van der Waals surface area contributed by atoms with Gasteiger partial charge in [0.1, 0.15) is 5.82 Å². The van der Waals surface area contributed by atoms with E-state index in [9.17, 15) is 4.39 Å². The maximum atomic E-state index is 13.5. The first kappa shape index (κ1) is 12.4. The van der Waals surface area contributed by atoms with Gasteiger partial charge in [-0.25, -0.2) is 4.39 Å². The molecule has 1 aromatic carbocycles. The van der Waals surface area contributed by atoms with Gasteiger partial charge in [-0.1, -0.05) is 13.3 Å². The molecule has 0 saturated heterocycles. The average molecular weight is 273 g/mol. The number of fused-ring (bicyclic) bond motifs is 1. The Balaban J connectivity index is 2.19. The summed E-state index contributed by atoms with van der Waals surface area (Å²) in [6, 6.07) is 7.10. The Hall–Kier alpha value is -1.61. The van der Waals surface area contributed by atoms with Crippen LogP contribution in [0, 0.1) is 5.82 Å². The van der Waals surface area contributed by atoms with E-state index in [1.807, 2.05) is 6.07 Å². The monoisotopic (exact) mass is 273 g/mol. The van der Waals surface area contributed by atoms with E-state index < -0.39 is 0 Å². The SMILES string of the molecule is CCCCc1c(-c2ccsc2)[nH]c2ccc(F)cc12. The van der Waals surface area contributed by atoms with Gasteiger partial charge in [-0.05, 0) is 48.1 Å². The van der Waals surface area contributed by atoms with Crippen molar-refractivity contribution in [2.75, 3.05) is 0 Å². The maximum absolute atomic E-state index is 13.5. The first-order valence-electron chi connectivity index (χ1n) is 6.62. The number of hydrogen-bond acceptors (Lipinski definition) is 1. The fourth-order valence-corrected chi connectivity index (χ4v) is 3.13. The Morgan fingerprint density at radius 1 is 1.26 bits per heavy atom. The van der Waals surface area contributed by atoms with Gasteiger partial charge in [-0.15, -0.1) is 0 Å². The lowest BCUT2D eigenvalue weighted by molar-refractivity contribution is 0.629. The zero-order valence-electron chi connectivity index (χ0n) is 10.9. The lowest BCUT2D eigenvalue weighted by atomic mass is 10.0. The minimum atomic E-state index is -0.166. The second-order valence-electron chi connectivity index (χ2n) is 4.78. The summed E-state index contributed by atoms with van der Waals surface area (Å²) in [6.45, 7) is 2.18. The smallest absolute Gasteiger partial charge is 0.123 e. The van der Waals surface area contributed by atoms with Crippen molar-refractivity contribution in [3.63, 3.8) is 0 Å². The van der Waals surface area contributed by atoms with Crippen LogP contribution in [-0.4, -0.2) is 4.98 Å². The zero-order valence-corrected chi connectivity index (χ0v) is 11.7. The molecular weight excluding hydrogens is 257 g/mol. The normalized spacial score (nSPS) is 11.3.